The molecule has 2 rings (SSSR count). The van der Waals surface area contributed by atoms with Gasteiger partial charge in [0.25, 0.3) is 0 Å². The Balaban J connectivity index is 1.82. The Labute approximate surface area is 153 Å². The van der Waals surface area contributed by atoms with Crippen LogP contribution in [0, 0.1) is 0 Å². The van der Waals surface area contributed by atoms with E-state index in [1.54, 1.807) is 0 Å². The SMILES string of the molecule is C/C=C\C=C(/N)c1ccc(CCCCC(C)(C)c2ccccc2)cc1. The molecular formula is C24H31N. The minimum atomic E-state index is 0.247. The minimum absolute atomic E-state index is 0.247. The summed E-state index contributed by atoms with van der Waals surface area (Å²) in [5.74, 6) is 0. The first-order valence-electron chi connectivity index (χ1n) is 9.26. The molecule has 132 valence electrons. The van der Waals surface area contributed by atoms with Gasteiger partial charge in [-0.05, 0) is 54.4 Å². The standard InChI is InChI=1S/C24H31N/c1-4-5-14-23(25)21-17-15-20(16-18-21)11-9-10-19-24(2,3)22-12-7-6-8-13-22/h4-8,12-18H,9-11,19,25H2,1-3H3/b5-4-,23-14-. The van der Waals surface area contributed by atoms with Crippen molar-refractivity contribution in [2.45, 2.75) is 51.9 Å². The van der Waals surface area contributed by atoms with Crippen LogP contribution in [0.4, 0.5) is 0 Å². The van der Waals surface area contributed by atoms with E-state index in [0.717, 1.165) is 17.7 Å². The largest absolute Gasteiger partial charge is 0.398 e. The zero-order chi connectivity index (χ0) is 18.1. The fourth-order valence-corrected chi connectivity index (χ4v) is 3.09. The molecule has 1 nitrogen and oxygen atoms in total. The molecule has 0 fully saturated rings. The highest BCUT2D eigenvalue weighted by atomic mass is 14.6. The first-order valence-corrected chi connectivity index (χ1v) is 9.26. The van der Waals surface area contributed by atoms with E-state index in [9.17, 15) is 0 Å². The molecule has 2 aromatic rings. The lowest BCUT2D eigenvalue weighted by molar-refractivity contribution is 0.452. The second-order valence-corrected chi connectivity index (χ2v) is 7.30. The van der Waals surface area contributed by atoms with Gasteiger partial charge in [0.05, 0.1) is 0 Å². The molecule has 0 unspecified atom stereocenters. The average Bonchev–Trinajstić information content (AvgIpc) is 2.64. The summed E-state index contributed by atoms with van der Waals surface area (Å²) in [5, 5.41) is 0. The Hall–Kier alpha value is -2.28. The highest BCUT2D eigenvalue weighted by Crippen LogP contribution is 2.29. The molecule has 1 heteroatoms. The molecule has 2 N–H and O–H groups in total. The molecule has 0 heterocycles. The van der Waals surface area contributed by atoms with Crippen molar-refractivity contribution >= 4 is 5.70 Å². The third-order valence-electron chi connectivity index (χ3n) is 4.83. The molecule has 0 aliphatic rings. The Kier molecular flexibility index (Phi) is 7.06. The summed E-state index contributed by atoms with van der Waals surface area (Å²) >= 11 is 0. The van der Waals surface area contributed by atoms with Crippen molar-refractivity contribution < 1.29 is 0 Å². The molecule has 0 saturated heterocycles. The van der Waals surface area contributed by atoms with Crippen molar-refractivity contribution in [2.24, 2.45) is 5.73 Å². The maximum atomic E-state index is 6.07. The summed E-state index contributed by atoms with van der Waals surface area (Å²) in [5.41, 5.74) is 11.0. The van der Waals surface area contributed by atoms with Crippen LogP contribution < -0.4 is 5.73 Å². The highest BCUT2D eigenvalue weighted by Gasteiger charge is 2.19. The topological polar surface area (TPSA) is 26.0 Å². The van der Waals surface area contributed by atoms with E-state index in [0.29, 0.717) is 0 Å². The number of nitrogens with two attached hydrogens (primary N) is 1. The van der Waals surface area contributed by atoms with Gasteiger partial charge in [-0.1, -0.05) is 87.0 Å². The van der Waals surface area contributed by atoms with Crippen LogP contribution in [-0.4, -0.2) is 0 Å². The summed E-state index contributed by atoms with van der Waals surface area (Å²) in [6.07, 6.45) is 10.7. The lowest BCUT2D eigenvalue weighted by Crippen LogP contribution is -2.16. The summed E-state index contributed by atoms with van der Waals surface area (Å²) in [6.45, 7) is 6.68. The van der Waals surface area contributed by atoms with Gasteiger partial charge in [0, 0.05) is 5.70 Å². The van der Waals surface area contributed by atoms with Crippen molar-refractivity contribution in [2.75, 3.05) is 0 Å². The summed E-state index contributed by atoms with van der Waals surface area (Å²) in [4.78, 5) is 0. The van der Waals surface area contributed by atoms with Crippen LogP contribution >= 0.6 is 0 Å². The molecule has 0 radical (unpaired) electrons. The van der Waals surface area contributed by atoms with E-state index >= 15 is 0 Å². The zero-order valence-corrected chi connectivity index (χ0v) is 15.8. The molecule has 2 aromatic carbocycles. The third kappa shape index (κ3) is 5.94. The summed E-state index contributed by atoms with van der Waals surface area (Å²) in [6, 6.07) is 19.5. The maximum Gasteiger partial charge on any atom is 0.0387 e. The number of rotatable bonds is 8. The van der Waals surface area contributed by atoms with E-state index in [-0.39, 0.29) is 5.41 Å². The number of allylic oxidation sites excluding steroid dienone is 3. The van der Waals surface area contributed by atoms with Gasteiger partial charge in [-0.25, -0.2) is 0 Å². The Morgan fingerprint density at radius 2 is 1.64 bits per heavy atom. The summed E-state index contributed by atoms with van der Waals surface area (Å²) in [7, 11) is 0. The third-order valence-corrected chi connectivity index (χ3v) is 4.83. The van der Waals surface area contributed by atoms with E-state index < -0.39 is 0 Å². The summed E-state index contributed by atoms with van der Waals surface area (Å²) < 4.78 is 0. The van der Waals surface area contributed by atoms with Crippen LogP contribution in [0.15, 0.2) is 72.8 Å². The fourth-order valence-electron chi connectivity index (χ4n) is 3.09. The zero-order valence-electron chi connectivity index (χ0n) is 15.8. The van der Waals surface area contributed by atoms with Gasteiger partial charge in [-0.2, -0.15) is 0 Å². The Bertz CT molecular complexity index is 691. The molecule has 0 atom stereocenters. The normalized spacial score (nSPS) is 12.7. The first kappa shape index (κ1) is 19.1. The first-order chi connectivity index (χ1) is 12.0. The number of hydrogen-bond acceptors (Lipinski definition) is 1. The van der Waals surface area contributed by atoms with E-state index in [1.807, 2.05) is 25.2 Å². The number of unbranched alkanes of at least 4 members (excludes halogenated alkanes) is 1. The van der Waals surface area contributed by atoms with E-state index in [4.69, 9.17) is 5.73 Å². The van der Waals surface area contributed by atoms with Crippen molar-refractivity contribution in [1.82, 2.24) is 0 Å². The predicted molar refractivity (Wildman–Crippen MR) is 110 cm³/mol. The van der Waals surface area contributed by atoms with Gasteiger partial charge >= 0.3 is 0 Å². The molecule has 0 aromatic heterocycles. The van der Waals surface area contributed by atoms with Crippen LogP contribution in [0.5, 0.6) is 0 Å². The van der Waals surface area contributed by atoms with Crippen LogP contribution in [0.1, 0.15) is 56.7 Å². The molecule has 0 saturated carbocycles. The van der Waals surface area contributed by atoms with Crippen molar-refractivity contribution in [3.63, 3.8) is 0 Å². The number of aryl methyl sites for hydroxylation is 1. The van der Waals surface area contributed by atoms with Gasteiger partial charge in [0.2, 0.25) is 0 Å². The van der Waals surface area contributed by atoms with Gasteiger partial charge in [-0.15, -0.1) is 0 Å². The van der Waals surface area contributed by atoms with E-state index in [2.05, 4.69) is 68.4 Å². The Morgan fingerprint density at radius 1 is 0.960 bits per heavy atom. The fraction of sp³-hybridized carbons (Fsp3) is 0.333. The van der Waals surface area contributed by atoms with Crippen LogP contribution in [-0.2, 0) is 11.8 Å². The molecule has 0 aliphatic heterocycles. The van der Waals surface area contributed by atoms with Crippen molar-refractivity contribution in [3.8, 4) is 0 Å². The molecule has 0 amide bonds. The molecule has 0 spiro atoms. The van der Waals surface area contributed by atoms with Crippen molar-refractivity contribution in [3.05, 3.63) is 89.5 Å². The molecule has 25 heavy (non-hydrogen) atoms. The number of hydrogen-bond donors (Lipinski definition) is 1. The lowest BCUT2D eigenvalue weighted by Gasteiger charge is -2.25. The van der Waals surface area contributed by atoms with E-state index in [1.165, 1.54) is 30.4 Å². The quantitative estimate of drug-likeness (QED) is 0.448. The van der Waals surface area contributed by atoms with Gasteiger partial charge < -0.3 is 5.73 Å². The highest BCUT2D eigenvalue weighted by molar-refractivity contribution is 5.64. The van der Waals surface area contributed by atoms with Crippen LogP contribution in [0.25, 0.3) is 5.70 Å². The maximum absolute atomic E-state index is 6.07. The lowest BCUT2D eigenvalue weighted by atomic mass is 9.80. The van der Waals surface area contributed by atoms with Gasteiger partial charge in [0.15, 0.2) is 0 Å². The number of benzene rings is 2. The van der Waals surface area contributed by atoms with Crippen LogP contribution in [0.3, 0.4) is 0 Å². The average molecular weight is 334 g/mol. The second-order valence-electron chi connectivity index (χ2n) is 7.30. The monoisotopic (exact) mass is 333 g/mol. The van der Waals surface area contributed by atoms with Gasteiger partial charge in [0.1, 0.15) is 0 Å². The molecular weight excluding hydrogens is 302 g/mol. The molecule has 0 bridgehead atoms. The smallest absolute Gasteiger partial charge is 0.0387 e. The van der Waals surface area contributed by atoms with Crippen LogP contribution in [0.2, 0.25) is 0 Å². The van der Waals surface area contributed by atoms with Crippen molar-refractivity contribution in [1.29, 1.82) is 0 Å². The second kappa shape index (κ2) is 9.27. The minimum Gasteiger partial charge on any atom is -0.398 e. The molecule has 0 aliphatic carbocycles. The Morgan fingerprint density at radius 3 is 2.28 bits per heavy atom. The van der Waals surface area contributed by atoms with Gasteiger partial charge in [-0.3, -0.25) is 0 Å². The predicted octanol–water partition coefficient (Wildman–Crippen LogP) is 6.25.